The van der Waals surface area contributed by atoms with Crippen LogP contribution in [-0.4, -0.2) is 19.1 Å². The van der Waals surface area contributed by atoms with Crippen LogP contribution in [0.5, 0.6) is 5.75 Å². The van der Waals surface area contributed by atoms with Crippen molar-refractivity contribution in [3.05, 3.63) is 29.8 Å². The average Bonchev–Trinajstić information content (AvgIpc) is 3.11. The van der Waals surface area contributed by atoms with E-state index in [1.165, 1.54) is 0 Å². The lowest BCUT2D eigenvalue weighted by molar-refractivity contribution is 0.0992. The molecule has 0 bridgehead atoms. The molecule has 1 atom stereocenters. The third kappa shape index (κ3) is 3.40. The first-order chi connectivity index (χ1) is 8.20. The molecule has 0 saturated heterocycles. The van der Waals surface area contributed by atoms with Gasteiger partial charge in [-0.2, -0.15) is 0 Å². The number of hydrogen-bond donors (Lipinski definition) is 1. The van der Waals surface area contributed by atoms with Crippen molar-refractivity contribution < 1.29 is 13.5 Å². The van der Waals surface area contributed by atoms with Crippen molar-refractivity contribution in [1.29, 1.82) is 0 Å². The van der Waals surface area contributed by atoms with Crippen LogP contribution in [0, 0.1) is 0 Å². The van der Waals surface area contributed by atoms with Crippen molar-refractivity contribution in [1.82, 2.24) is 5.32 Å². The minimum atomic E-state index is -2.40. The second-order valence-electron chi connectivity index (χ2n) is 4.26. The molecule has 1 unspecified atom stereocenters. The molecule has 0 radical (unpaired) electrons. The van der Waals surface area contributed by atoms with Gasteiger partial charge < -0.3 is 10.1 Å². The van der Waals surface area contributed by atoms with Gasteiger partial charge in [-0.25, -0.2) is 8.78 Å². The van der Waals surface area contributed by atoms with E-state index in [0.717, 1.165) is 18.6 Å². The van der Waals surface area contributed by atoms with Crippen molar-refractivity contribution in [2.24, 2.45) is 0 Å². The first-order valence-electron chi connectivity index (χ1n) is 5.99. The predicted molar refractivity (Wildman–Crippen MR) is 62.5 cm³/mol. The highest BCUT2D eigenvalue weighted by atomic mass is 19.3. The number of halogens is 2. The lowest BCUT2D eigenvalue weighted by Crippen LogP contribution is -2.26. The number of alkyl halides is 2. The van der Waals surface area contributed by atoms with E-state index < -0.39 is 12.5 Å². The standard InChI is InChI=1S/C13H17F2NO/c1-2-16-12(13(14)15)9-3-5-10(6-4-9)17-11-7-8-11/h3-6,11-13,16H,2,7-8H2,1H3. The Kier molecular flexibility index (Phi) is 3.94. The molecule has 0 aliphatic heterocycles. The maximum Gasteiger partial charge on any atom is 0.257 e. The molecule has 1 N–H and O–H groups in total. The molecule has 1 aliphatic carbocycles. The largest absolute Gasteiger partial charge is 0.490 e. The van der Waals surface area contributed by atoms with E-state index >= 15 is 0 Å². The molecule has 1 fully saturated rings. The molecule has 0 spiro atoms. The highest BCUT2D eigenvalue weighted by molar-refractivity contribution is 5.30. The second-order valence-corrected chi connectivity index (χ2v) is 4.26. The van der Waals surface area contributed by atoms with Gasteiger partial charge in [-0.05, 0) is 37.1 Å². The Balaban J connectivity index is 2.03. The molecular formula is C13H17F2NO. The third-order valence-electron chi connectivity index (χ3n) is 2.74. The van der Waals surface area contributed by atoms with Gasteiger partial charge in [0.25, 0.3) is 6.43 Å². The van der Waals surface area contributed by atoms with Gasteiger partial charge >= 0.3 is 0 Å². The predicted octanol–water partition coefficient (Wildman–Crippen LogP) is 3.14. The Morgan fingerprint density at radius 1 is 1.29 bits per heavy atom. The number of nitrogens with one attached hydrogen (secondary N) is 1. The van der Waals surface area contributed by atoms with Crippen LogP contribution in [0.2, 0.25) is 0 Å². The summed E-state index contributed by atoms with van der Waals surface area (Å²) in [4.78, 5) is 0. The Labute approximate surface area is 100.0 Å². The fourth-order valence-electron chi connectivity index (χ4n) is 1.70. The van der Waals surface area contributed by atoms with Crippen molar-refractivity contribution in [2.75, 3.05) is 6.54 Å². The summed E-state index contributed by atoms with van der Waals surface area (Å²) in [5, 5.41) is 2.78. The SMILES string of the molecule is CCNC(c1ccc(OC2CC2)cc1)C(F)F. The fraction of sp³-hybridized carbons (Fsp3) is 0.538. The van der Waals surface area contributed by atoms with Crippen LogP contribution in [0.15, 0.2) is 24.3 Å². The zero-order valence-electron chi connectivity index (χ0n) is 9.83. The van der Waals surface area contributed by atoms with Gasteiger partial charge in [0.2, 0.25) is 0 Å². The minimum Gasteiger partial charge on any atom is -0.490 e. The number of rotatable bonds is 6. The van der Waals surface area contributed by atoms with E-state index in [-0.39, 0.29) is 0 Å². The molecule has 4 heteroatoms. The lowest BCUT2D eigenvalue weighted by Gasteiger charge is -2.17. The van der Waals surface area contributed by atoms with E-state index in [1.807, 2.05) is 6.92 Å². The van der Waals surface area contributed by atoms with Crippen LogP contribution >= 0.6 is 0 Å². The van der Waals surface area contributed by atoms with Gasteiger partial charge in [0, 0.05) is 0 Å². The van der Waals surface area contributed by atoms with Crippen LogP contribution in [-0.2, 0) is 0 Å². The molecule has 1 aromatic rings. The molecule has 0 heterocycles. The fourth-order valence-corrected chi connectivity index (χ4v) is 1.70. The first-order valence-corrected chi connectivity index (χ1v) is 5.99. The summed E-state index contributed by atoms with van der Waals surface area (Å²) < 4.78 is 31.2. The van der Waals surface area contributed by atoms with Crippen LogP contribution in [0.1, 0.15) is 31.4 Å². The molecule has 2 nitrogen and oxygen atoms in total. The zero-order chi connectivity index (χ0) is 12.3. The van der Waals surface area contributed by atoms with E-state index in [2.05, 4.69) is 5.32 Å². The molecule has 2 rings (SSSR count). The van der Waals surface area contributed by atoms with Crippen LogP contribution in [0.25, 0.3) is 0 Å². The lowest BCUT2D eigenvalue weighted by atomic mass is 10.1. The van der Waals surface area contributed by atoms with E-state index in [9.17, 15) is 8.78 Å². The summed E-state index contributed by atoms with van der Waals surface area (Å²) in [7, 11) is 0. The van der Waals surface area contributed by atoms with Gasteiger partial charge in [0.15, 0.2) is 0 Å². The summed E-state index contributed by atoms with van der Waals surface area (Å²) in [6.07, 6.45) is 0.128. The topological polar surface area (TPSA) is 21.3 Å². The number of benzene rings is 1. The molecule has 1 aromatic carbocycles. The monoisotopic (exact) mass is 241 g/mol. The second kappa shape index (κ2) is 5.45. The molecule has 17 heavy (non-hydrogen) atoms. The van der Waals surface area contributed by atoms with E-state index in [4.69, 9.17) is 4.74 Å². The Hall–Kier alpha value is -1.16. The number of ether oxygens (including phenoxy) is 1. The summed E-state index contributed by atoms with van der Waals surface area (Å²) >= 11 is 0. The van der Waals surface area contributed by atoms with Gasteiger partial charge in [0.1, 0.15) is 5.75 Å². The van der Waals surface area contributed by atoms with Crippen molar-refractivity contribution in [3.63, 3.8) is 0 Å². The van der Waals surface area contributed by atoms with Gasteiger partial charge in [0.05, 0.1) is 12.1 Å². The zero-order valence-corrected chi connectivity index (χ0v) is 9.83. The molecule has 1 aliphatic rings. The summed E-state index contributed by atoms with van der Waals surface area (Å²) in [6.45, 7) is 2.34. The Bertz CT molecular complexity index is 349. The van der Waals surface area contributed by atoms with Crippen LogP contribution in [0.4, 0.5) is 8.78 Å². The smallest absolute Gasteiger partial charge is 0.257 e. The van der Waals surface area contributed by atoms with E-state index in [0.29, 0.717) is 18.2 Å². The maximum absolute atomic E-state index is 12.8. The van der Waals surface area contributed by atoms with Gasteiger partial charge in [-0.15, -0.1) is 0 Å². The van der Waals surface area contributed by atoms with Crippen molar-refractivity contribution in [2.45, 2.75) is 38.3 Å². The molecular weight excluding hydrogens is 224 g/mol. The highest BCUT2D eigenvalue weighted by Gasteiger charge is 2.24. The van der Waals surface area contributed by atoms with Crippen molar-refractivity contribution in [3.8, 4) is 5.75 Å². The maximum atomic E-state index is 12.8. The quantitative estimate of drug-likeness (QED) is 0.826. The summed E-state index contributed by atoms with van der Waals surface area (Å²) in [5.41, 5.74) is 0.602. The van der Waals surface area contributed by atoms with Gasteiger partial charge in [-0.3, -0.25) is 0 Å². The van der Waals surface area contributed by atoms with E-state index in [1.54, 1.807) is 24.3 Å². The number of hydrogen-bond acceptors (Lipinski definition) is 2. The van der Waals surface area contributed by atoms with Crippen LogP contribution < -0.4 is 10.1 Å². The van der Waals surface area contributed by atoms with Gasteiger partial charge in [-0.1, -0.05) is 19.1 Å². The first kappa shape index (κ1) is 12.3. The van der Waals surface area contributed by atoms with Crippen LogP contribution in [0.3, 0.4) is 0 Å². The molecule has 0 amide bonds. The Morgan fingerprint density at radius 2 is 1.94 bits per heavy atom. The minimum absolute atomic E-state index is 0.334. The molecule has 94 valence electrons. The summed E-state index contributed by atoms with van der Waals surface area (Å²) in [6, 6.07) is 6.05. The normalized spacial score (nSPS) is 17.2. The highest BCUT2D eigenvalue weighted by Crippen LogP contribution is 2.28. The third-order valence-corrected chi connectivity index (χ3v) is 2.74. The molecule has 0 aromatic heterocycles. The summed E-state index contributed by atoms with van der Waals surface area (Å²) in [5.74, 6) is 0.765. The average molecular weight is 241 g/mol. The Morgan fingerprint density at radius 3 is 2.41 bits per heavy atom. The molecule has 1 saturated carbocycles. The van der Waals surface area contributed by atoms with Crippen molar-refractivity contribution >= 4 is 0 Å².